The van der Waals surface area contributed by atoms with Gasteiger partial charge in [-0.3, -0.25) is 0 Å². The second-order valence-corrected chi connectivity index (χ2v) is 5.09. The molecule has 0 bridgehead atoms. The third-order valence-corrected chi connectivity index (χ3v) is 3.46. The van der Waals surface area contributed by atoms with E-state index in [9.17, 15) is 0 Å². The molecule has 1 atom stereocenters. The van der Waals surface area contributed by atoms with Gasteiger partial charge >= 0.3 is 0 Å². The minimum Gasteiger partial charge on any atom is -0.497 e. The van der Waals surface area contributed by atoms with Crippen LogP contribution in [0.15, 0.2) is 12.1 Å². The van der Waals surface area contributed by atoms with Gasteiger partial charge < -0.3 is 20.5 Å². The highest BCUT2D eigenvalue weighted by molar-refractivity contribution is 5.46. The van der Waals surface area contributed by atoms with Gasteiger partial charge in [-0.2, -0.15) is 0 Å². The van der Waals surface area contributed by atoms with Crippen molar-refractivity contribution in [3.8, 4) is 11.5 Å². The SMILES string of the molecule is COc1cc(C)c(CNC(CN)C(C)C)c(OC)c1. The van der Waals surface area contributed by atoms with Crippen molar-refractivity contribution in [2.45, 2.75) is 33.4 Å². The number of hydrogen-bond donors (Lipinski definition) is 2. The molecule has 0 fully saturated rings. The maximum atomic E-state index is 5.78. The van der Waals surface area contributed by atoms with Crippen LogP contribution in [0.5, 0.6) is 11.5 Å². The molecule has 3 N–H and O–H groups in total. The molecule has 1 unspecified atom stereocenters. The summed E-state index contributed by atoms with van der Waals surface area (Å²) in [6.45, 7) is 7.79. The Kier molecular flexibility index (Phi) is 6.12. The maximum Gasteiger partial charge on any atom is 0.127 e. The first-order valence-electron chi connectivity index (χ1n) is 6.68. The smallest absolute Gasteiger partial charge is 0.127 e. The summed E-state index contributed by atoms with van der Waals surface area (Å²) >= 11 is 0. The monoisotopic (exact) mass is 266 g/mol. The minimum atomic E-state index is 0.311. The zero-order valence-electron chi connectivity index (χ0n) is 12.6. The second-order valence-electron chi connectivity index (χ2n) is 5.09. The van der Waals surface area contributed by atoms with Gasteiger partial charge in [0.15, 0.2) is 0 Å². The average Bonchev–Trinajstić information content (AvgIpc) is 2.39. The molecule has 1 rings (SSSR count). The quantitative estimate of drug-likeness (QED) is 0.793. The normalized spacial score (nSPS) is 12.6. The average molecular weight is 266 g/mol. The fourth-order valence-electron chi connectivity index (χ4n) is 2.10. The number of aryl methyl sites for hydroxylation is 1. The first kappa shape index (κ1) is 15.8. The molecule has 19 heavy (non-hydrogen) atoms. The molecule has 4 nitrogen and oxygen atoms in total. The van der Waals surface area contributed by atoms with Crippen molar-refractivity contribution in [2.75, 3.05) is 20.8 Å². The van der Waals surface area contributed by atoms with Crippen molar-refractivity contribution in [2.24, 2.45) is 11.7 Å². The summed E-state index contributed by atoms with van der Waals surface area (Å²) in [5.74, 6) is 2.18. The molecular weight excluding hydrogens is 240 g/mol. The standard InChI is InChI=1S/C15H26N2O2/c1-10(2)14(8-16)17-9-13-11(3)6-12(18-4)7-15(13)19-5/h6-7,10,14,17H,8-9,16H2,1-5H3. The Morgan fingerprint density at radius 3 is 2.37 bits per heavy atom. The highest BCUT2D eigenvalue weighted by atomic mass is 16.5. The van der Waals surface area contributed by atoms with Crippen molar-refractivity contribution >= 4 is 0 Å². The zero-order chi connectivity index (χ0) is 14.4. The van der Waals surface area contributed by atoms with Crippen LogP contribution in [0.1, 0.15) is 25.0 Å². The van der Waals surface area contributed by atoms with E-state index in [1.807, 2.05) is 12.1 Å². The third-order valence-electron chi connectivity index (χ3n) is 3.46. The maximum absolute atomic E-state index is 5.78. The third kappa shape index (κ3) is 4.11. The molecule has 0 aliphatic carbocycles. The molecule has 0 aromatic heterocycles. The van der Waals surface area contributed by atoms with Crippen LogP contribution in [0.4, 0.5) is 0 Å². The van der Waals surface area contributed by atoms with Gasteiger partial charge in [-0.25, -0.2) is 0 Å². The van der Waals surface area contributed by atoms with Crippen LogP contribution in [0, 0.1) is 12.8 Å². The largest absolute Gasteiger partial charge is 0.497 e. The van der Waals surface area contributed by atoms with Gasteiger partial charge in [0.25, 0.3) is 0 Å². The van der Waals surface area contributed by atoms with Gasteiger partial charge in [0, 0.05) is 30.8 Å². The lowest BCUT2D eigenvalue weighted by molar-refractivity contribution is 0.378. The van der Waals surface area contributed by atoms with Crippen LogP contribution in [-0.2, 0) is 6.54 Å². The predicted octanol–water partition coefficient (Wildman–Crippen LogP) is 2.09. The molecule has 0 radical (unpaired) electrons. The van der Waals surface area contributed by atoms with Gasteiger partial charge in [0.2, 0.25) is 0 Å². The van der Waals surface area contributed by atoms with E-state index in [1.54, 1.807) is 14.2 Å². The molecule has 0 heterocycles. The Bertz CT molecular complexity index is 405. The molecule has 4 heteroatoms. The summed E-state index contributed by atoms with van der Waals surface area (Å²) in [5, 5.41) is 3.49. The van der Waals surface area contributed by atoms with Gasteiger partial charge in [0.05, 0.1) is 14.2 Å². The highest BCUT2D eigenvalue weighted by Gasteiger charge is 2.14. The fourth-order valence-corrected chi connectivity index (χ4v) is 2.10. The Morgan fingerprint density at radius 2 is 1.89 bits per heavy atom. The number of hydrogen-bond acceptors (Lipinski definition) is 4. The molecular formula is C15H26N2O2. The van der Waals surface area contributed by atoms with E-state index in [4.69, 9.17) is 15.2 Å². The number of rotatable bonds is 7. The summed E-state index contributed by atoms with van der Waals surface area (Å²) in [6.07, 6.45) is 0. The first-order chi connectivity index (χ1) is 9.03. The van der Waals surface area contributed by atoms with E-state index in [2.05, 4.69) is 26.1 Å². The summed E-state index contributed by atoms with van der Waals surface area (Å²) in [7, 11) is 3.34. The zero-order valence-corrected chi connectivity index (χ0v) is 12.6. The van der Waals surface area contributed by atoms with E-state index < -0.39 is 0 Å². The highest BCUT2D eigenvalue weighted by Crippen LogP contribution is 2.28. The van der Waals surface area contributed by atoms with Crippen LogP contribution in [0.2, 0.25) is 0 Å². The lowest BCUT2D eigenvalue weighted by Gasteiger charge is -2.22. The topological polar surface area (TPSA) is 56.5 Å². The van der Waals surface area contributed by atoms with Gasteiger partial charge in [0.1, 0.15) is 11.5 Å². The number of nitrogens with one attached hydrogen (secondary N) is 1. The minimum absolute atomic E-state index is 0.311. The molecule has 108 valence electrons. The lowest BCUT2D eigenvalue weighted by Crippen LogP contribution is -2.39. The molecule has 1 aromatic rings. The molecule has 0 spiro atoms. The van der Waals surface area contributed by atoms with Crippen molar-refractivity contribution in [3.63, 3.8) is 0 Å². The first-order valence-corrected chi connectivity index (χ1v) is 6.68. The van der Waals surface area contributed by atoms with E-state index in [0.29, 0.717) is 18.5 Å². The molecule has 0 aliphatic heterocycles. The second kappa shape index (κ2) is 7.36. The van der Waals surface area contributed by atoms with Gasteiger partial charge in [-0.1, -0.05) is 13.8 Å². The van der Waals surface area contributed by atoms with Crippen molar-refractivity contribution in [1.29, 1.82) is 0 Å². The Morgan fingerprint density at radius 1 is 1.21 bits per heavy atom. The Labute approximate surface area is 116 Å². The van der Waals surface area contributed by atoms with Crippen LogP contribution in [-0.4, -0.2) is 26.8 Å². The van der Waals surface area contributed by atoms with Crippen LogP contribution >= 0.6 is 0 Å². The fraction of sp³-hybridized carbons (Fsp3) is 0.600. The van der Waals surface area contributed by atoms with Gasteiger partial charge in [-0.05, 0) is 24.5 Å². The molecule has 0 aliphatic rings. The van der Waals surface area contributed by atoms with E-state index >= 15 is 0 Å². The number of methoxy groups -OCH3 is 2. The summed E-state index contributed by atoms with van der Waals surface area (Å²) in [6, 6.07) is 4.25. The number of benzene rings is 1. The van der Waals surface area contributed by atoms with Crippen LogP contribution < -0.4 is 20.5 Å². The number of ether oxygens (including phenoxy) is 2. The molecule has 0 saturated carbocycles. The Balaban J connectivity index is 2.88. The van der Waals surface area contributed by atoms with Crippen LogP contribution in [0.3, 0.4) is 0 Å². The Hall–Kier alpha value is -1.26. The van der Waals surface area contributed by atoms with Gasteiger partial charge in [-0.15, -0.1) is 0 Å². The molecule has 1 aromatic carbocycles. The summed E-state index contributed by atoms with van der Waals surface area (Å²) < 4.78 is 10.7. The van der Waals surface area contributed by atoms with Crippen LogP contribution in [0.25, 0.3) is 0 Å². The van der Waals surface area contributed by atoms with Crippen molar-refractivity contribution in [3.05, 3.63) is 23.3 Å². The van der Waals surface area contributed by atoms with E-state index in [-0.39, 0.29) is 0 Å². The number of nitrogens with two attached hydrogens (primary N) is 1. The summed E-state index contributed by atoms with van der Waals surface area (Å²) in [5.41, 5.74) is 8.09. The van der Waals surface area contributed by atoms with Crippen molar-refractivity contribution < 1.29 is 9.47 Å². The molecule has 0 saturated heterocycles. The van der Waals surface area contributed by atoms with Crippen molar-refractivity contribution in [1.82, 2.24) is 5.32 Å². The van der Waals surface area contributed by atoms with E-state index in [1.165, 1.54) is 0 Å². The summed E-state index contributed by atoms with van der Waals surface area (Å²) in [4.78, 5) is 0. The predicted molar refractivity (Wildman–Crippen MR) is 78.8 cm³/mol. The molecule has 0 amide bonds. The van der Waals surface area contributed by atoms with E-state index in [0.717, 1.165) is 29.2 Å². The lowest BCUT2D eigenvalue weighted by atomic mass is 10.0.